The number of Topliss-reactive ketones (excluding diaryl/α,β-unsaturated/α-hetero) is 2. The SMILES string of the molecule is CCOC(=O)C(C[C@@H]1C(=O)CC[C@]2(C)[C@@H](OC(C)(C)C)CC[C@@H]12)C(C)=O. The minimum atomic E-state index is -0.839. The molecule has 0 spiro atoms. The minimum Gasteiger partial charge on any atom is -0.465 e. The van der Waals surface area contributed by atoms with Crippen LogP contribution >= 0.6 is 0 Å². The topological polar surface area (TPSA) is 69.7 Å². The van der Waals surface area contributed by atoms with E-state index in [2.05, 4.69) is 27.7 Å². The summed E-state index contributed by atoms with van der Waals surface area (Å²) in [7, 11) is 0. The fourth-order valence-electron chi connectivity index (χ4n) is 4.88. The molecule has 5 nitrogen and oxygen atoms in total. The van der Waals surface area contributed by atoms with Crippen LogP contribution in [0.25, 0.3) is 0 Å². The number of ketones is 2. The molecule has 0 aromatic heterocycles. The largest absolute Gasteiger partial charge is 0.465 e. The predicted molar refractivity (Wildman–Crippen MR) is 98.6 cm³/mol. The van der Waals surface area contributed by atoms with Crippen LogP contribution in [0.4, 0.5) is 0 Å². The summed E-state index contributed by atoms with van der Waals surface area (Å²) >= 11 is 0. The Kier molecular flexibility index (Phi) is 6.32. The van der Waals surface area contributed by atoms with Gasteiger partial charge in [0, 0.05) is 12.3 Å². The van der Waals surface area contributed by atoms with Crippen LogP contribution in [0.3, 0.4) is 0 Å². The van der Waals surface area contributed by atoms with Crippen LogP contribution in [0.15, 0.2) is 0 Å². The van der Waals surface area contributed by atoms with E-state index in [4.69, 9.17) is 9.47 Å². The van der Waals surface area contributed by atoms with Gasteiger partial charge in [0.25, 0.3) is 0 Å². The Morgan fingerprint density at radius 1 is 1.27 bits per heavy atom. The van der Waals surface area contributed by atoms with E-state index in [0.29, 0.717) is 6.42 Å². The second-order valence-electron chi connectivity index (χ2n) is 9.13. The highest BCUT2D eigenvalue weighted by molar-refractivity contribution is 5.98. The molecule has 26 heavy (non-hydrogen) atoms. The van der Waals surface area contributed by atoms with E-state index >= 15 is 0 Å². The summed E-state index contributed by atoms with van der Waals surface area (Å²) in [5.74, 6) is -1.48. The summed E-state index contributed by atoms with van der Waals surface area (Å²) in [6, 6.07) is 0. The molecular formula is C21H34O5. The fraction of sp³-hybridized carbons (Fsp3) is 0.857. The van der Waals surface area contributed by atoms with Gasteiger partial charge in [0.05, 0.1) is 18.3 Å². The van der Waals surface area contributed by atoms with E-state index in [9.17, 15) is 14.4 Å². The van der Waals surface area contributed by atoms with Crippen LogP contribution in [-0.2, 0) is 23.9 Å². The molecule has 0 aromatic carbocycles. The molecule has 0 bridgehead atoms. The molecule has 5 atom stereocenters. The first-order valence-electron chi connectivity index (χ1n) is 9.87. The molecule has 0 aliphatic heterocycles. The summed E-state index contributed by atoms with van der Waals surface area (Å²) < 4.78 is 11.4. The number of hydrogen-bond donors (Lipinski definition) is 0. The van der Waals surface area contributed by atoms with Crippen LogP contribution in [0.1, 0.15) is 73.6 Å². The van der Waals surface area contributed by atoms with Crippen LogP contribution in [0, 0.1) is 23.2 Å². The first-order chi connectivity index (χ1) is 12.0. The minimum absolute atomic E-state index is 0.0815. The van der Waals surface area contributed by atoms with Gasteiger partial charge in [-0.15, -0.1) is 0 Å². The van der Waals surface area contributed by atoms with E-state index in [1.807, 2.05) is 0 Å². The molecule has 0 N–H and O–H groups in total. The van der Waals surface area contributed by atoms with Gasteiger partial charge in [-0.25, -0.2) is 0 Å². The van der Waals surface area contributed by atoms with Gasteiger partial charge in [0.2, 0.25) is 0 Å². The second-order valence-corrected chi connectivity index (χ2v) is 9.13. The standard InChI is InChI=1S/C21H34O5/c1-7-25-19(24)14(13(2)22)12-15-16-8-9-18(26-20(3,4)5)21(16,6)11-10-17(15)23/h14-16,18H,7-12H2,1-6H3/t14?,15-,16-,18-,21-/m0/s1. The van der Waals surface area contributed by atoms with Crippen LogP contribution in [0.2, 0.25) is 0 Å². The second kappa shape index (κ2) is 7.79. The molecule has 2 aliphatic carbocycles. The maximum absolute atomic E-state index is 12.7. The van der Waals surface area contributed by atoms with Gasteiger partial charge in [-0.2, -0.15) is 0 Å². The van der Waals surface area contributed by atoms with E-state index in [-0.39, 0.29) is 53.6 Å². The lowest BCUT2D eigenvalue weighted by Gasteiger charge is -2.45. The van der Waals surface area contributed by atoms with Crippen molar-refractivity contribution in [3.8, 4) is 0 Å². The molecule has 2 aliphatic rings. The predicted octanol–water partition coefficient (Wildman–Crippen LogP) is 3.72. The average molecular weight is 366 g/mol. The normalized spacial score (nSPS) is 32.8. The number of rotatable bonds is 6. The molecule has 0 saturated heterocycles. The van der Waals surface area contributed by atoms with E-state index < -0.39 is 11.9 Å². The lowest BCUT2D eigenvalue weighted by molar-refractivity contribution is -0.154. The molecule has 2 rings (SSSR count). The van der Waals surface area contributed by atoms with Gasteiger partial charge in [-0.3, -0.25) is 14.4 Å². The smallest absolute Gasteiger partial charge is 0.316 e. The average Bonchev–Trinajstić information content (AvgIpc) is 2.82. The number of hydrogen-bond acceptors (Lipinski definition) is 5. The highest BCUT2D eigenvalue weighted by Crippen LogP contribution is 2.56. The van der Waals surface area contributed by atoms with Gasteiger partial charge in [0.15, 0.2) is 0 Å². The maximum Gasteiger partial charge on any atom is 0.316 e. The summed E-state index contributed by atoms with van der Waals surface area (Å²) in [6.07, 6.45) is 3.53. The van der Waals surface area contributed by atoms with E-state index in [1.165, 1.54) is 6.92 Å². The molecule has 0 amide bonds. The summed E-state index contributed by atoms with van der Waals surface area (Å²) in [4.78, 5) is 36.9. The fourth-order valence-corrected chi connectivity index (χ4v) is 4.88. The van der Waals surface area contributed by atoms with Crippen molar-refractivity contribution < 1.29 is 23.9 Å². The van der Waals surface area contributed by atoms with Gasteiger partial charge in [-0.05, 0) is 71.6 Å². The highest BCUT2D eigenvalue weighted by Gasteiger charge is 2.55. The highest BCUT2D eigenvalue weighted by atomic mass is 16.5. The van der Waals surface area contributed by atoms with Crippen molar-refractivity contribution in [1.29, 1.82) is 0 Å². The zero-order chi connectivity index (χ0) is 19.7. The van der Waals surface area contributed by atoms with Crippen molar-refractivity contribution in [1.82, 2.24) is 0 Å². The summed E-state index contributed by atoms with van der Waals surface area (Å²) in [5, 5.41) is 0. The zero-order valence-corrected chi connectivity index (χ0v) is 17.1. The third kappa shape index (κ3) is 4.36. The molecule has 0 radical (unpaired) electrons. The Balaban J connectivity index is 2.22. The van der Waals surface area contributed by atoms with Crippen molar-refractivity contribution in [2.75, 3.05) is 6.61 Å². The lowest BCUT2D eigenvalue weighted by Crippen LogP contribution is -2.47. The summed E-state index contributed by atoms with van der Waals surface area (Å²) in [5.41, 5.74) is -0.311. The number of esters is 1. The maximum atomic E-state index is 12.7. The molecule has 0 heterocycles. The van der Waals surface area contributed by atoms with Crippen molar-refractivity contribution in [3.63, 3.8) is 0 Å². The molecule has 2 fully saturated rings. The first kappa shape index (κ1) is 21.1. The van der Waals surface area contributed by atoms with Crippen LogP contribution in [-0.4, -0.2) is 35.8 Å². The van der Waals surface area contributed by atoms with Gasteiger partial charge in [-0.1, -0.05) is 6.92 Å². The van der Waals surface area contributed by atoms with E-state index in [0.717, 1.165) is 19.3 Å². The molecular weight excluding hydrogens is 332 g/mol. The molecule has 148 valence electrons. The Morgan fingerprint density at radius 3 is 2.46 bits per heavy atom. The lowest BCUT2D eigenvalue weighted by atomic mass is 9.61. The molecule has 1 unspecified atom stereocenters. The third-order valence-corrected chi connectivity index (χ3v) is 6.18. The molecule has 2 saturated carbocycles. The van der Waals surface area contributed by atoms with Gasteiger partial charge < -0.3 is 9.47 Å². The summed E-state index contributed by atoms with van der Waals surface area (Å²) in [6.45, 7) is 11.8. The monoisotopic (exact) mass is 366 g/mol. The Labute approximate surface area is 157 Å². The molecule has 0 aromatic rings. The van der Waals surface area contributed by atoms with Crippen molar-refractivity contribution in [2.45, 2.75) is 85.4 Å². The number of fused-ring (bicyclic) bond motifs is 1. The van der Waals surface area contributed by atoms with E-state index in [1.54, 1.807) is 6.92 Å². The first-order valence-corrected chi connectivity index (χ1v) is 9.87. The van der Waals surface area contributed by atoms with Gasteiger partial charge >= 0.3 is 5.97 Å². The Bertz CT molecular complexity index is 561. The Hall–Kier alpha value is -1.23. The van der Waals surface area contributed by atoms with Crippen molar-refractivity contribution >= 4 is 17.5 Å². The number of carbonyl (C=O) groups excluding carboxylic acids is 3. The molecule has 5 heteroatoms. The van der Waals surface area contributed by atoms with Crippen molar-refractivity contribution in [3.05, 3.63) is 0 Å². The van der Waals surface area contributed by atoms with Crippen LogP contribution < -0.4 is 0 Å². The Morgan fingerprint density at radius 2 is 1.92 bits per heavy atom. The zero-order valence-electron chi connectivity index (χ0n) is 17.1. The van der Waals surface area contributed by atoms with Crippen LogP contribution in [0.5, 0.6) is 0 Å². The number of ether oxygens (including phenoxy) is 2. The van der Waals surface area contributed by atoms with Gasteiger partial charge in [0.1, 0.15) is 17.5 Å². The third-order valence-electron chi connectivity index (χ3n) is 6.18. The van der Waals surface area contributed by atoms with Crippen molar-refractivity contribution in [2.24, 2.45) is 23.2 Å². The number of carbonyl (C=O) groups is 3. The quantitative estimate of drug-likeness (QED) is 0.529.